The fourth-order valence-electron chi connectivity index (χ4n) is 4.54. The molecule has 0 heterocycles. The predicted octanol–water partition coefficient (Wildman–Crippen LogP) is 5.67. The minimum absolute atomic E-state index is 0.0125. The Kier molecular flexibility index (Phi) is 10.5. The molecule has 0 saturated heterocycles. The number of hydrogen-bond acceptors (Lipinski definition) is 4. The van der Waals surface area contributed by atoms with Gasteiger partial charge in [-0.2, -0.15) is 0 Å². The molecule has 2 aromatic carbocycles. The highest BCUT2D eigenvalue weighted by Crippen LogP contribution is 2.26. The average molecular weight is 589 g/mol. The lowest BCUT2D eigenvalue weighted by atomic mass is 9.95. The van der Waals surface area contributed by atoms with Gasteiger partial charge in [0.1, 0.15) is 12.6 Å². The van der Waals surface area contributed by atoms with Gasteiger partial charge in [0.25, 0.3) is 0 Å². The quantitative estimate of drug-likeness (QED) is 0.388. The molecular formula is C26H32Cl3N3O4S. The Morgan fingerprint density at radius 3 is 2.30 bits per heavy atom. The SMILES string of the molecule is CC[C@@H](C(=O)NC1CCCCC1)N(Cc1ccc(Cl)cc1Cl)C(=O)CN(c1cccc(Cl)c1)S(C)(=O)=O. The second kappa shape index (κ2) is 13.2. The first kappa shape index (κ1) is 29.6. The molecule has 0 radical (unpaired) electrons. The number of anilines is 1. The van der Waals surface area contributed by atoms with E-state index in [1.54, 1.807) is 36.4 Å². The molecule has 3 rings (SSSR count). The Bertz CT molecular complexity index is 1220. The zero-order chi connectivity index (χ0) is 27.2. The third-order valence-corrected chi connectivity index (χ3v) is 8.43. The van der Waals surface area contributed by atoms with Gasteiger partial charge in [-0.05, 0) is 55.2 Å². The van der Waals surface area contributed by atoms with Gasteiger partial charge in [-0.15, -0.1) is 0 Å². The highest BCUT2D eigenvalue weighted by atomic mass is 35.5. The minimum Gasteiger partial charge on any atom is -0.352 e. The average Bonchev–Trinajstić information content (AvgIpc) is 2.83. The van der Waals surface area contributed by atoms with Crippen LogP contribution < -0.4 is 9.62 Å². The monoisotopic (exact) mass is 587 g/mol. The van der Waals surface area contributed by atoms with Gasteiger partial charge in [0.05, 0.1) is 11.9 Å². The number of hydrogen-bond donors (Lipinski definition) is 1. The topological polar surface area (TPSA) is 86.8 Å². The minimum atomic E-state index is -3.84. The summed E-state index contributed by atoms with van der Waals surface area (Å²) in [5, 5.41) is 4.23. The molecule has 11 heteroatoms. The predicted molar refractivity (Wildman–Crippen MR) is 150 cm³/mol. The lowest BCUT2D eigenvalue weighted by Crippen LogP contribution is -2.54. The van der Waals surface area contributed by atoms with Crippen molar-refractivity contribution >= 4 is 62.3 Å². The summed E-state index contributed by atoms with van der Waals surface area (Å²) in [5.41, 5.74) is 0.851. The van der Waals surface area contributed by atoms with Gasteiger partial charge in [-0.25, -0.2) is 8.42 Å². The molecule has 2 aromatic rings. The van der Waals surface area contributed by atoms with Crippen LogP contribution >= 0.6 is 34.8 Å². The van der Waals surface area contributed by atoms with E-state index in [4.69, 9.17) is 34.8 Å². The first-order valence-corrected chi connectivity index (χ1v) is 15.2. The molecule has 1 aliphatic rings. The standard InChI is InChI=1S/C26H32Cl3N3O4S/c1-3-24(26(34)30-21-9-5-4-6-10-21)31(16-18-12-13-20(28)15-23(18)29)25(33)17-32(37(2,35)36)22-11-7-8-19(27)14-22/h7-8,11-15,21,24H,3-6,9-10,16-17H2,1-2H3,(H,30,34)/t24-/m0/s1. The Balaban J connectivity index is 1.94. The first-order chi connectivity index (χ1) is 17.5. The summed E-state index contributed by atoms with van der Waals surface area (Å²) in [6.45, 7) is 1.33. The molecule has 0 bridgehead atoms. The van der Waals surface area contributed by atoms with E-state index in [0.29, 0.717) is 27.1 Å². The van der Waals surface area contributed by atoms with Gasteiger partial charge in [-0.1, -0.05) is 73.1 Å². The van der Waals surface area contributed by atoms with Crippen LogP contribution in [-0.2, 0) is 26.2 Å². The highest BCUT2D eigenvalue weighted by molar-refractivity contribution is 7.92. The van der Waals surface area contributed by atoms with Crippen LogP contribution in [0.3, 0.4) is 0 Å². The van der Waals surface area contributed by atoms with Crippen molar-refractivity contribution in [1.29, 1.82) is 0 Å². The van der Waals surface area contributed by atoms with Crippen molar-refractivity contribution in [3.05, 3.63) is 63.1 Å². The maximum atomic E-state index is 13.8. The Morgan fingerprint density at radius 1 is 1.03 bits per heavy atom. The van der Waals surface area contributed by atoms with Crippen molar-refractivity contribution in [2.45, 2.75) is 64.1 Å². The van der Waals surface area contributed by atoms with E-state index >= 15 is 0 Å². The Morgan fingerprint density at radius 2 is 1.70 bits per heavy atom. The van der Waals surface area contributed by atoms with Crippen molar-refractivity contribution in [2.75, 3.05) is 17.1 Å². The number of halogens is 3. The largest absolute Gasteiger partial charge is 0.352 e. The van der Waals surface area contributed by atoms with Gasteiger partial charge < -0.3 is 10.2 Å². The second-order valence-electron chi connectivity index (χ2n) is 9.27. The van der Waals surface area contributed by atoms with Crippen LogP contribution in [0.4, 0.5) is 5.69 Å². The number of benzene rings is 2. The van der Waals surface area contributed by atoms with Crippen LogP contribution in [0, 0.1) is 0 Å². The van der Waals surface area contributed by atoms with Crippen molar-refractivity contribution < 1.29 is 18.0 Å². The zero-order valence-corrected chi connectivity index (χ0v) is 24.0. The molecule has 1 fully saturated rings. The van der Waals surface area contributed by atoms with E-state index in [2.05, 4.69) is 5.32 Å². The van der Waals surface area contributed by atoms with E-state index in [9.17, 15) is 18.0 Å². The van der Waals surface area contributed by atoms with Gasteiger partial charge in [0.15, 0.2) is 0 Å². The number of nitrogens with zero attached hydrogens (tertiary/aromatic N) is 2. The van der Waals surface area contributed by atoms with Crippen LogP contribution in [0.25, 0.3) is 0 Å². The molecule has 0 aromatic heterocycles. The summed E-state index contributed by atoms with van der Waals surface area (Å²) in [6, 6.07) is 10.4. The number of carbonyl (C=O) groups excluding carboxylic acids is 2. The Hall–Kier alpha value is -2.00. The molecule has 1 saturated carbocycles. The highest BCUT2D eigenvalue weighted by Gasteiger charge is 2.33. The maximum absolute atomic E-state index is 13.8. The fourth-order valence-corrected chi connectivity index (χ4v) is 6.04. The van der Waals surface area contributed by atoms with Gasteiger partial charge in [-0.3, -0.25) is 13.9 Å². The van der Waals surface area contributed by atoms with Crippen molar-refractivity contribution in [3.63, 3.8) is 0 Å². The summed E-state index contributed by atoms with van der Waals surface area (Å²) >= 11 is 18.5. The van der Waals surface area contributed by atoms with E-state index in [-0.39, 0.29) is 24.2 Å². The third-order valence-electron chi connectivity index (χ3n) is 6.47. The molecule has 1 N–H and O–H groups in total. The summed E-state index contributed by atoms with van der Waals surface area (Å²) in [4.78, 5) is 28.6. The molecule has 202 valence electrons. The smallest absolute Gasteiger partial charge is 0.244 e. The van der Waals surface area contributed by atoms with Gasteiger partial charge >= 0.3 is 0 Å². The molecule has 0 unspecified atom stereocenters. The normalized spacial score (nSPS) is 15.2. The van der Waals surface area contributed by atoms with Crippen LogP contribution in [0.2, 0.25) is 15.1 Å². The van der Waals surface area contributed by atoms with E-state index in [1.807, 2.05) is 6.92 Å². The summed E-state index contributed by atoms with van der Waals surface area (Å²) in [6.07, 6.45) is 6.40. The van der Waals surface area contributed by atoms with Crippen molar-refractivity contribution in [1.82, 2.24) is 10.2 Å². The molecule has 1 atom stereocenters. The third kappa shape index (κ3) is 8.24. The molecule has 0 aliphatic heterocycles. The van der Waals surface area contributed by atoms with Gasteiger partial charge in [0.2, 0.25) is 21.8 Å². The van der Waals surface area contributed by atoms with Crippen LogP contribution in [-0.4, -0.2) is 50.0 Å². The molecular weight excluding hydrogens is 557 g/mol. The Labute approximate surface area is 234 Å². The van der Waals surface area contributed by atoms with Crippen molar-refractivity contribution in [2.24, 2.45) is 0 Å². The van der Waals surface area contributed by atoms with Crippen LogP contribution in [0.15, 0.2) is 42.5 Å². The number of carbonyl (C=O) groups is 2. The fraction of sp³-hybridized carbons (Fsp3) is 0.462. The van der Waals surface area contributed by atoms with Crippen LogP contribution in [0.5, 0.6) is 0 Å². The molecule has 1 aliphatic carbocycles. The summed E-state index contributed by atoms with van der Waals surface area (Å²) in [5.74, 6) is -0.802. The number of rotatable bonds is 10. The number of sulfonamides is 1. The van der Waals surface area contributed by atoms with E-state index in [0.717, 1.165) is 42.7 Å². The number of nitrogens with one attached hydrogen (secondary N) is 1. The molecule has 7 nitrogen and oxygen atoms in total. The summed E-state index contributed by atoms with van der Waals surface area (Å²) in [7, 11) is -3.84. The second-order valence-corrected chi connectivity index (χ2v) is 12.5. The molecule has 37 heavy (non-hydrogen) atoms. The van der Waals surface area contributed by atoms with E-state index < -0.39 is 28.5 Å². The summed E-state index contributed by atoms with van der Waals surface area (Å²) < 4.78 is 26.4. The van der Waals surface area contributed by atoms with E-state index in [1.165, 1.54) is 11.0 Å². The molecule has 2 amide bonds. The first-order valence-electron chi connectivity index (χ1n) is 12.3. The van der Waals surface area contributed by atoms with Crippen LogP contribution in [0.1, 0.15) is 51.0 Å². The number of amides is 2. The van der Waals surface area contributed by atoms with Gasteiger partial charge in [0, 0.05) is 27.7 Å². The lowest BCUT2D eigenvalue weighted by molar-refractivity contribution is -0.140. The lowest BCUT2D eigenvalue weighted by Gasteiger charge is -2.34. The van der Waals surface area contributed by atoms with Crippen molar-refractivity contribution in [3.8, 4) is 0 Å². The maximum Gasteiger partial charge on any atom is 0.244 e. The molecule has 0 spiro atoms. The zero-order valence-electron chi connectivity index (χ0n) is 20.9.